The van der Waals surface area contributed by atoms with E-state index in [1.165, 1.54) is 19.3 Å². The lowest BCUT2D eigenvalue weighted by Crippen LogP contribution is -2.48. The lowest BCUT2D eigenvalue weighted by molar-refractivity contribution is 0.00516. The van der Waals surface area contributed by atoms with Gasteiger partial charge in [-0.2, -0.15) is 0 Å². The number of morpholine rings is 1. The second-order valence-electron chi connectivity index (χ2n) is 5.47. The molecule has 0 amide bonds. The molecule has 0 aromatic heterocycles. The number of hydrogen-bond acceptors (Lipinski definition) is 2. The largest absolute Gasteiger partial charge is 0.375 e. The normalized spacial score (nSPS) is 30.0. The van der Waals surface area contributed by atoms with Crippen LogP contribution in [0.2, 0.25) is 0 Å². The molecular formula is C12H23N3O. The maximum absolute atomic E-state index is 6.02. The van der Waals surface area contributed by atoms with Crippen LogP contribution in [0.3, 0.4) is 0 Å². The monoisotopic (exact) mass is 225 g/mol. The van der Waals surface area contributed by atoms with Gasteiger partial charge in [0.25, 0.3) is 0 Å². The summed E-state index contributed by atoms with van der Waals surface area (Å²) in [5.74, 6) is 0.697. The smallest absolute Gasteiger partial charge is 0.191 e. The summed E-state index contributed by atoms with van der Waals surface area (Å²) in [6, 6.07) is 0. The molecular weight excluding hydrogens is 202 g/mol. The van der Waals surface area contributed by atoms with Crippen LogP contribution in [0, 0.1) is 5.41 Å². The molecule has 92 valence electrons. The maximum Gasteiger partial charge on any atom is 0.191 e. The molecule has 2 rings (SSSR count). The Balaban J connectivity index is 1.85. The highest BCUT2D eigenvalue weighted by Crippen LogP contribution is 2.40. The fourth-order valence-corrected chi connectivity index (χ4v) is 2.34. The molecule has 4 heteroatoms. The maximum atomic E-state index is 6.02. The first-order valence-electron chi connectivity index (χ1n) is 6.26. The molecule has 0 spiro atoms. The topological polar surface area (TPSA) is 50.8 Å². The molecule has 1 heterocycles. The summed E-state index contributed by atoms with van der Waals surface area (Å²) in [7, 11) is 0. The predicted octanol–water partition coefficient (Wildman–Crippen LogP) is 1.21. The summed E-state index contributed by atoms with van der Waals surface area (Å²) in [5.41, 5.74) is 6.44. The average molecular weight is 225 g/mol. The van der Waals surface area contributed by atoms with E-state index in [0.29, 0.717) is 11.4 Å². The van der Waals surface area contributed by atoms with Gasteiger partial charge >= 0.3 is 0 Å². The minimum atomic E-state index is 0.266. The van der Waals surface area contributed by atoms with E-state index in [9.17, 15) is 0 Å². The highest BCUT2D eigenvalue weighted by Gasteiger charge is 2.31. The third-order valence-corrected chi connectivity index (χ3v) is 3.75. The third-order valence-electron chi connectivity index (χ3n) is 3.75. The Kier molecular flexibility index (Phi) is 3.38. The van der Waals surface area contributed by atoms with Gasteiger partial charge in [0.15, 0.2) is 5.96 Å². The lowest BCUT2D eigenvalue weighted by Gasteiger charge is -2.37. The van der Waals surface area contributed by atoms with Crippen molar-refractivity contribution in [3.8, 4) is 0 Å². The standard InChI is InChI=1S/C12H23N3O/c1-10-8-15(6-7-16-10)11(13)14-9-12(2)4-3-5-12/h10H,3-9H2,1-2H3,(H2,13,14). The summed E-state index contributed by atoms with van der Waals surface area (Å²) < 4.78 is 5.48. The number of nitrogens with zero attached hydrogens (tertiary/aromatic N) is 2. The van der Waals surface area contributed by atoms with E-state index in [-0.39, 0.29) is 6.10 Å². The van der Waals surface area contributed by atoms with Crippen LogP contribution in [-0.4, -0.2) is 43.2 Å². The van der Waals surface area contributed by atoms with Gasteiger partial charge in [0.1, 0.15) is 0 Å². The van der Waals surface area contributed by atoms with Gasteiger partial charge < -0.3 is 15.4 Å². The summed E-state index contributed by atoms with van der Waals surface area (Å²) in [5, 5.41) is 0. The molecule has 2 fully saturated rings. The first-order chi connectivity index (χ1) is 7.59. The molecule has 0 bridgehead atoms. The second-order valence-corrected chi connectivity index (χ2v) is 5.47. The van der Waals surface area contributed by atoms with E-state index in [2.05, 4.69) is 23.7 Å². The summed E-state index contributed by atoms with van der Waals surface area (Å²) >= 11 is 0. The zero-order chi connectivity index (χ0) is 11.6. The van der Waals surface area contributed by atoms with Gasteiger partial charge in [0.2, 0.25) is 0 Å². The number of aliphatic imine (C=N–C) groups is 1. The van der Waals surface area contributed by atoms with E-state index in [4.69, 9.17) is 10.5 Å². The first kappa shape index (κ1) is 11.7. The SMILES string of the molecule is CC1CN(C(N)=NCC2(C)CCC2)CCO1. The lowest BCUT2D eigenvalue weighted by atomic mass is 9.71. The van der Waals surface area contributed by atoms with Crippen molar-refractivity contribution in [3.63, 3.8) is 0 Å². The van der Waals surface area contributed by atoms with Crippen molar-refractivity contribution < 1.29 is 4.74 Å². The molecule has 2 N–H and O–H groups in total. The van der Waals surface area contributed by atoms with Crippen molar-refractivity contribution in [1.82, 2.24) is 4.90 Å². The first-order valence-corrected chi connectivity index (χ1v) is 6.26. The predicted molar refractivity (Wildman–Crippen MR) is 65.4 cm³/mol. The third kappa shape index (κ3) is 2.67. The fourth-order valence-electron chi connectivity index (χ4n) is 2.34. The van der Waals surface area contributed by atoms with Crippen LogP contribution in [0.1, 0.15) is 33.1 Å². The average Bonchev–Trinajstić information content (AvgIpc) is 2.23. The van der Waals surface area contributed by atoms with Crippen molar-refractivity contribution in [2.45, 2.75) is 39.2 Å². The van der Waals surface area contributed by atoms with Crippen LogP contribution < -0.4 is 5.73 Å². The number of guanidine groups is 1. The van der Waals surface area contributed by atoms with Crippen molar-refractivity contribution in [2.75, 3.05) is 26.2 Å². The van der Waals surface area contributed by atoms with Crippen LogP contribution in [0.4, 0.5) is 0 Å². The molecule has 1 saturated heterocycles. The molecule has 0 aromatic rings. The number of nitrogens with two attached hydrogens (primary N) is 1. The number of ether oxygens (including phenoxy) is 1. The zero-order valence-corrected chi connectivity index (χ0v) is 10.4. The Hall–Kier alpha value is -0.770. The molecule has 0 radical (unpaired) electrons. The fraction of sp³-hybridized carbons (Fsp3) is 0.917. The van der Waals surface area contributed by atoms with Gasteiger partial charge in [0.05, 0.1) is 12.7 Å². The van der Waals surface area contributed by atoms with Crippen LogP contribution in [-0.2, 0) is 4.74 Å². The molecule has 1 aliphatic heterocycles. The van der Waals surface area contributed by atoms with Gasteiger partial charge in [0, 0.05) is 19.6 Å². The van der Waals surface area contributed by atoms with Gasteiger partial charge in [-0.25, -0.2) is 0 Å². The quantitative estimate of drug-likeness (QED) is 0.568. The number of hydrogen-bond donors (Lipinski definition) is 1. The summed E-state index contributed by atoms with van der Waals surface area (Å²) in [6.07, 6.45) is 4.20. The Bertz CT molecular complexity index is 273. The molecule has 4 nitrogen and oxygen atoms in total. The van der Waals surface area contributed by atoms with E-state index >= 15 is 0 Å². The van der Waals surface area contributed by atoms with Gasteiger partial charge in [-0.1, -0.05) is 13.3 Å². The molecule has 1 aliphatic carbocycles. The minimum Gasteiger partial charge on any atom is -0.375 e. The van der Waals surface area contributed by atoms with Crippen LogP contribution in [0.5, 0.6) is 0 Å². The van der Waals surface area contributed by atoms with Crippen LogP contribution in [0.15, 0.2) is 4.99 Å². The van der Waals surface area contributed by atoms with Crippen molar-refractivity contribution >= 4 is 5.96 Å². The Labute approximate surface area is 97.9 Å². The molecule has 16 heavy (non-hydrogen) atoms. The Morgan fingerprint density at radius 1 is 1.56 bits per heavy atom. The van der Waals surface area contributed by atoms with Gasteiger partial charge in [-0.15, -0.1) is 0 Å². The molecule has 0 aromatic carbocycles. The Morgan fingerprint density at radius 3 is 2.88 bits per heavy atom. The summed E-state index contributed by atoms with van der Waals surface area (Å²) in [4.78, 5) is 6.68. The minimum absolute atomic E-state index is 0.266. The summed E-state index contributed by atoms with van der Waals surface area (Å²) in [6.45, 7) is 7.75. The van der Waals surface area contributed by atoms with Crippen molar-refractivity contribution in [3.05, 3.63) is 0 Å². The molecule has 1 atom stereocenters. The van der Waals surface area contributed by atoms with Crippen LogP contribution >= 0.6 is 0 Å². The second kappa shape index (κ2) is 4.62. The van der Waals surface area contributed by atoms with Crippen LogP contribution in [0.25, 0.3) is 0 Å². The van der Waals surface area contributed by atoms with Crippen molar-refractivity contribution in [2.24, 2.45) is 16.1 Å². The molecule has 1 saturated carbocycles. The zero-order valence-electron chi connectivity index (χ0n) is 10.4. The highest BCUT2D eigenvalue weighted by molar-refractivity contribution is 5.78. The van der Waals surface area contributed by atoms with E-state index in [1.54, 1.807) is 0 Å². The van der Waals surface area contributed by atoms with E-state index in [0.717, 1.165) is 26.2 Å². The van der Waals surface area contributed by atoms with E-state index < -0.39 is 0 Å². The highest BCUT2D eigenvalue weighted by atomic mass is 16.5. The molecule has 2 aliphatic rings. The van der Waals surface area contributed by atoms with Crippen molar-refractivity contribution in [1.29, 1.82) is 0 Å². The van der Waals surface area contributed by atoms with Gasteiger partial charge in [-0.3, -0.25) is 4.99 Å². The number of rotatable bonds is 2. The molecule has 1 unspecified atom stereocenters. The van der Waals surface area contributed by atoms with Gasteiger partial charge in [-0.05, 0) is 25.2 Å². The van der Waals surface area contributed by atoms with E-state index in [1.807, 2.05) is 0 Å². The Morgan fingerprint density at radius 2 is 2.31 bits per heavy atom.